The standard InChI is InChI=1S/C15H29NO2/c1-5-11-18-13-7-6-9-16(12-13)10-8-14(17)15(2,3)4/h13H,5-12H2,1-4H3. The molecule has 0 bridgehead atoms. The molecule has 0 spiro atoms. The largest absolute Gasteiger partial charge is 0.377 e. The molecular weight excluding hydrogens is 226 g/mol. The summed E-state index contributed by atoms with van der Waals surface area (Å²) in [4.78, 5) is 14.3. The third-order valence-corrected chi connectivity index (χ3v) is 3.51. The van der Waals surface area contributed by atoms with Crippen LogP contribution in [-0.4, -0.2) is 43.0 Å². The number of hydrogen-bond donors (Lipinski definition) is 0. The Morgan fingerprint density at radius 2 is 2.11 bits per heavy atom. The maximum atomic E-state index is 11.9. The Bertz CT molecular complexity index is 258. The predicted molar refractivity (Wildman–Crippen MR) is 74.8 cm³/mol. The molecule has 106 valence electrons. The van der Waals surface area contributed by atoms with Crippen molar-refractivity contribution in [3.63, 3.8) is 0 Å². The molecular formula is C15H29NO2. The first-order chi connectivity index (χ1) is 8.43. The molecule has 18 heavy (non-hydrogen) atoms. The Labute approximate surface area is 112 Å². The van der Waals surface area contributed by atoms with Crippen LogP contribution in [0.1, 0.15) is 53.4 Å². The van der Waals surface area contributed by atoms with Gasteiger partial charge >= 0.3 is 0 Å². The maximum absolute atomic E-state index is 11.9. The number of carbonyl (C=O) groups is 1. The van der Waals surface area contributed by atoms with Gasteiger partial charge < -0.3 is 9.64 Å². The summed E-state index contributed by atoms with van der Waals surface area (Å²) in [5, 5.41) is 0. The van der Waals surface area contributed by atoms with E-state index in [0.717, 1.165) is 32.7 Å². The summed E-state index contributed by atoms with van der Waals surface area (Å²) in [7, 11) is 0. The Kier molecular flexibility index (Phi) is 6.30. The summed E-state index contributed by atoms with van der Waals surface area (Å²) < 4.78 is 5.81. The lowest BCUT2D eigenvalue weighted by molar-refractivity contribution is -0.126. The fourth-order valence-corrected chi connectivity index (χ4v) is 2.27. The summed E-state index contributed by atoms with van der Waals surface area (Å²) in [5.41, 5.74) is -0.200. The van der Waals surface area contributed by atoms with Crippen molar-refractivity contribution in [2.24, 2.45) is 5.41 Å². The van der Waals surface area contributed by atoms with Gasteiger partial charge in [-0.3, -0.25) is 4.79 Å². The highest BCUT2D eigenvalue weighted by Crippen LogP contribution is 2.18. The molecule has 1 aliphatic rings. The van der Waals surface area contributed by atoms with E-state index in [-0.39, 0.29) is 5.41 Å². The summed E-state index contributed by atoms with van der Waals surface area (Å²) in [6.45, 7) is 12.0. The first kappa shape index (κ1) is 15.6. The van der Waals surface area contributed by atoms with Crippen LogP contribution in [0.25, 0.3) is 0 Å². The van der Waals surface area contributed by atoms with Gasteiger partial charge in [0.05, 0.1) is 6.10 Å². The smallest absolute Gasteiger partial charge is 0.139 e. The van der Waals surface area contributed by atoms with Gasteiger partial charge in [-0.25, -0.2) is 0 Å². The number of likely N-dealkylation sites (tertiary alicyclic amines) is 1. The minimum absolute atomic E-state index is 0.200. The second-order valence-electron chi connectivity index (χ2n) is 6.36. The minimum atomic E-state index is -0.200. The molecule has 0 radical (unpaired) electrons. The quantitative estimate of drug-likeness (QED) is 0.731. The van der Waals surface area contributed by atoms with Crippen LogP contribution >= 0.6 is 0 Å². The van der Waals surface area contributed by atoms with Gasteiger partial charge in [0.25, 0.3) is 0 Å². The molecule has 1 fully saturated rings. The molecule has 3 nitrogen and oxygen atoms in total. The SMILES string of the molecule is CCCOC1CCCN(CCC(=O)C(C)(C)C)C1. The van der Waals surface area contributed by atoms with E-state index in [1.807, 2.05) is 20.8 Å². The third kappa shape index (κ3) is 5.49. The minimum Gasteiger partial charge on any atom is -0.377 e. The van der Waals surface area contributed by atoms with Gasteiger partial charge in [-0.15, -0.1) is 0 Å². The molecule has 0 aromatic rings. The predicted octanol–water partition coefficient (Wildman–Crippen LogP) is 2.88. The first-order valence-corrected chi connectivity index (χ1v) is 7.30. The van der Waals surface area contributed by atoms with E-state index in [0.29, 0.717) is 18.3 Å². The van der Waals surface area contributed by atoms with Gasteiger partial charge in [-0.2, -0.15) is 0 Å². The topological polar surface area (TPSA) is 29.5 Å². The molecule has 0 aromatic heterocycles. The average Bonchev–Trinajstić information content (AvgIpc) is 2.32. The molecule has 0 N–H and O–H groups in total. The highest BCUT2D eigenvalue weighted by Gasteiger charge is 2.24. The van der Waals surface area contributed by atoms with E-state index in [2.05, 4.69) is 11.8 Å². The summed E-state index contributed by atoms with van der Waals surface area (Å²) >= 11 is 0. The number of carbonyl (C=O) groups excluding carboxylic acids is 1. The monoisotopic (exact) mass is 255 g/mol. The van der Waals surface area contributed by atoms with Crippen molar-refractivity contribution >= 4 is 5.78 Å². The van der Waals surface area contributed by atoms with E-state index in [1.165, 1.54) is 12.8 Å². The van der Waals surface area contributed by atoms with Crippen LogP contribution in [0, 0.1) is 5.41 Å². The molecule has 0 aliphatic carbocycles. The Hall–Kier alpha value is -0.410. The number of ether oxygens (including phenoxy) is 1. The lowest BCUT2D eigenvalue weighted by Crippen LogP contribution is -2.41. The molecule has 1 aliphatic heterocycles. The van der Waals surface area contributed by atoms with Crippen molar-refractivity contribution in [2.45, 2.75) is 59.5 Å². The zero-order chi connectivity index (χ0) is 13.6. The molecule has 1 heterocycles. The van der Waals surface area contributed by atoms with Gasteiger partial charge in [0.2, 0.25) is 0 Å². The van der Waals surface area contributed by atoms with Crippen LogP contribution in [0.15, 0.2) is 0 Å². The fraction of sp³-hybridized carbons (Fsp3) is 0.933. The molecule has 1 rings (SSSR count). The van der Waals surface area contributed by atoms with Crippen LogP contribution in [0.4, 0.5) is 0 Å². The van der Waals surface area contributed by atoms with Crippen LogP contribution in [0.3, 0.4) is 0 Å². The molecule has 0 aromatic carbocycles. The van der Waals surface area contributed by atoms with Crippen molar-refractivity contribution < 1.29 is 9.53 Å². The molecule has 1 unspecified atom stereocenters. The van der Waals surface area contributed by atoms with Crippen LogP contribution in [0.5, 0.6) is 0 Å². The van der Waals surface area contributed by atoms with E-state index in [9.17, 15) is 4.79 Å². The average molecular weight is 255 g/mol. The highest BCUT2D eigenvalue weighted by atomic mass is 16.5. The van der Waals surface area contributed by atoms with Crippen molar-refractivity contribution in [2.75, 3.05) is 26.2 Å². The van der Waals surface area contributed by atoms with Gasteiger partial charge in [-0.1, -0.05) is 27.7 Å². The van der Waals surface area contributed by atoms with Gasteiger partial charge in [0.15, 0.2) is 0 Å². The van der Waals surface area contributed by atoms with E-state index >= 15 is 0 Å². The normalized spacial score (nSPS) is 22.1. The summed E-state index contributed by atoms with van der Waals surface area (Å²) in [6, 6.07) is 0. The second kappa shape index (κ2) is 7.25. The van der Waals surface area contributed by atoms with E-state index in [1.54, 1.807) is 0 Å². The number of hydrogen-bond acceptors (Lipinski definition) is 3. The summed E-state index contributed by atoms with van der Waals surface area (Å²) in [6.07, 6.45) is 4.49. The van der Waals surface area contributed by atoms with Crippen molar-refractivity contribution in [3.8, 4) is 0 Å². The molecule has 0 amide bonds. The van der Waals surface area contributed by atoms with Gasteiger partial charge in [-0.05, 0) is 25.8 Å². The van der Waals surface area contributed by atoms with E-state index in [4.69, 9.17) is 4.74 Å². The van der Waals surface area contributed by atoms with Crippen molar-refractivity contribution in [1.82, 2.24) is 4.90 Å². The first-order valence-electron chi connectivity index (χ1n) is 7.30. The summed E-state index contributed by atoms with van der Waals surface area (Å²) in [5.74, 6) is 0.360. The zero-order valence-corrected chi connectivity index (χ0v) is 12.5. The van der Waals surface area contributed by atoms with Crippen molar-refractivity contribution in [1.29, 1.82) is 0 Å². The van der Waals surface area contributed by atoms with Crippen molar-refractivity contribution in [3.05, 3.63) is 0 Å². The number of ketones is 1. The Balaban J connectivity index is 2.28. The number of rotatable bonds is 6. The third-order valence-electron chi connectivity index (χ3n) is 3.51. The van der Waals surface area contributed by atoms with Gasteiger partial charge in [0, 0.05) is 31.5 Å². The van der Waals surface area contributed by atoms with E-state index < -0.39 is 0 Å². The van der Waals surface area contributed by atoms with Crippen LogP contribution in [-0.2, 0) is 9.53 Å². The lowest BCUT2D eigenvalue weighted by Gasteiger charge is -2.33. The fourth-order valence-electron chi connectivity index (χ4n) is 2.27. The molecule has 3 heteroatoms. The van der Waals surface area contributed by atoms with Crippen LogP contribution < -0.4 is 0 Å². The molecule has 0 saturated carbocycles. The number of piperidine rings is 1. The molecule has 1 atom stereocenters. The second-order valence-corrected chi connectivity index (χ2v) is 6.36. The zero-order valence-electron chi connectivity index (χ0n) is 12.5. The highest BCUT2D eigenvalue weighted by molar-refractivity contribution is 5.83. The number of Topliss-reactive ketones (excluding diaryl/α,β-unsaturated/α-hetero) is 1. The van der Waals surface area contributed by atoms with Gasteiger partial charge in [0.1, 0.15) is 5.78 Å². The Morgan fingerprint density at radius 3 is 2.72 bits per heavy atom. The lowest BCUT2D eigenvalue weighted by atomic mass is 9.89. The maximum Gasteiger partial charge on any atom is 0.139 e. The van der Waals surface area contributed by atoms with Crippen LogP contribution in [0.2, 0.25) is 0 Å². The Morgan fingerprint density at radius 1 is 1.39 bits per heavy atom. The number of nitrogens with zero attached hydrogens (tertiary/aromatic N) is 1. The molecule has 1 saturated heterocycles.